The molecule has 0 aliphatic carbocycles. The number of benzene rings is 3. The van der Waals surface area contributed by atoms with Gasteiger partial charge < -0.3 is 14.4 Å². The van der Waals surface area contributed by atoms with E-state index in [0.29, 0.717) is 0 Å². The van der Waals surface area contributed by atoms with Crippen LogP contribution in [0.2, 0.25) is 0 Å². The zero-order valence-corrected chi connectivity index (χ0v) is 19.6. The Labute approximate surface area is 181 Å². The van der Waals surface area contributed by atoms with E-state index in [4.69, 9.17) is 9.47 Å². The molecule has 0 saturated carbocycles. The molecule has 4 heteroatoms. The lowest BCUT2D eigenvalue weighted by Crippen LogP contribution is -2.20. The molecule has 1 heterocycles. The highest BCUT2D eigenvalue weighted by Crippen LogP contribution is 2.59. The average Bonchev–Trinajstić information content (AvgIpc) is 3.14. The van der Waals surface area contributed by atoms with Crippen LogP contribution in [0.5, 0.6) is 11.5 Å². The summed E-state index contributed by atoms with van der Waals surface area (Å²) in [5, 5.41) is 1.61. The molecule has 0 fully saturated rings. The minimum atomic E-state index is -0.437. The standard InChI is InChI=1S/C26H30NO2P/c1-18-13-15-19(16-14-18)27-17-30(26(2,3)4)25-20(9-7-10-21(25)27)24-22(28-5)11-8-12-23(24)29-6/h7-16H,17H2,1-6H3. The van der Waals surface area contributed by atoms with Crippen LogP contribution in [0.15, 0.2) is 60.7 Å². The third-order valence-electron chi connectivity index (χ3n) is 5.71. The normalized spacial score (nSPS) is 15.8. The number of aryl methyl sites for hydroxylation is 1. The first kappa shape index (κ1) is 20.8. The number of rotatable bonds is 4. The third kappa shape index (κ3) is 3.56. The van der Waals surface area contributed by atoms with Crippen LogP contribution < -0.4 is 19.7 Å². The number of hydrogen-bond acceptors (Lipinski definition) is 3. The number of methoxy groups -OCH3 is 2. The molecule has 0 radical (unpaired) electrons. The molecule has 0 N–H and O–H groups in total. The lowest BCUT2D eigenvalue weighted by molar-refractivity contribution is 0.397. The first-order valence-electron chi connectivity index (χ1n) is 10.3. The summed E-state index contributed by atoms with van der Waals surface area (Å²) in [6.45, 7) is 9.21. The summed E-state index contributed by atoms with van der Waals surface area (Å²) in [7, 11) is 3.02. The van der Waals surface area contributed by atoms with E-state index < -0.39 is 7.92 Å². The van der Waals surface area contributed by atoms with Gasteiger partial charge in [-0.1, -0.05) is 56.7 Å². The van der Waals surface area contributed by atoms with Crippen molar-refractivity contribution in [3.63, 3.8) is 0 Å². The minimum absolute atomic E-state index is 0.175. The Morgan fingerprint density at radius 1 is 0.833 bits per heavy atom. The van der Waals surface area contributed by atoms with Crippen molar-refractivity contribution in [2.75, 3.05) is 25.4 Å². The van der Waals surface area contributed by atoms with Crippen molar-refractivity contribution >= 4 is 24.6 Å². The van der Waals surface area contributed by atoms with Crippen molar-refractivity contribution in [3.05, 3.63) is 66.2 Å². The molecule has 0 saturated heterocycles. The van der Waals surface area contributed by atoms with Gasteiger partial charge in [-0.3, -0.25) is 0 Å². The molecule has 3 aromatic carbocycles. The lowest BCUT2D eigenvalue weighted by Gasteiger charge is -2.30. The van der Waals surface area contributed by atoms with Crippen LogP contribution in [-0.2, 0) is 0 Å². The number of ether oxygens (including phenoxy) is 2. The Morgan fingerprint density at radius 3 is 2.00 bits per heavy atom. The van der Waals surface area contributed by atoms with Crippen LogP contribution in [0.25, 0.3) is 11.1 Å². The Morgan fingerprint density at radius 2 is 1.43 bits per heavy atom. The van der Waals surface area contributed by atoms with Crippen molar-refractivity contribution in [1.82, 2.24) is 0 Å². The van der Waals surface area contributed by atoms with Crippen molar-refractivity contribution in [3.8, 4) is 22.6 Å². The van der Waals surface area contributed by atoms with Gasteiger partial charge in [-0.2, -0.15) is 0 Å². The van der Waals surface area contributed by atoms with Crippen molar-refractivity contribution < 1.29 is 9.47 Å². The lowest BCUT2D eigenvalue weighted by atomic mass is 10.0. The van der Waals surface area contributed by atoms with Gasteiger partial charge in [-0.25, -0.2) is 0 Å². The van der Waals surface area contributed by atoms with Crippen LogP contribution in [0, 0.1) is 6.92 Å². The summed E-state index contributed by atoms with van der Waals surface area (Å²) >= 11 is 0. The highest BCUT2D eigenvalue weighted by Gasteiger charge is 2.39. The summed E-state index contributed by atoms with van der Waals surface area (Å²) in [5.74, 6) is 1.70. The Kier molecular flexibility index (Phi) is 5.51. The number of fused-ring (bicyclic) bond motifs is 1. The summed E-state index contributed by atoms with van der Waals surface area (Å²) < 4.78 is 11.5. The molecule has 3 nitrogen and oxygen atoms in total. The highest BCUT2D eigenvalue weighted by molar-refractivity contribution is 7.68. The second-order valence-corrected chi connectivity index (χ2v) is 11.6. The smallest absolute Gasteiger partial charge is 0.130 e. The van der Waals surface area contributed by atoms with Gasteiger partial charge in [-0.15, -0.1) is 0 Å². The van der Waals surface area contributed by atoms with Crippen molar-refractivity contribution in [2.24, 2.45) is 0 Å². The van der Waals surface area contributed by atoms with Crippen molar-refractivity contribution in [1.29, 1.82) is 0 Å². The zero-order valence-electron chi connectivity index (χ0n) is 18.7. The maximum Gasteiger partial charge on any atom is 0.130 e. The van der Waals surface area contributed by atoms with E-state index >= 15 is 0 Å². The topological polar surface area (TPSA) is 21.7 Å². The fourth-order valence-corrected chi connectivity index (χ4v) is 6.92. The zero-order chi connectivity index (χ0) is 21.5. The van der Waals surface area contributed by atoms with Gasteiger partial charge in [0.25, 0.3) is 0 Å². The Balaban J connectivity index is 1.97. The second-order valence-electron chi connectivity index (χ2n) is 8.71. The van der Waals surface area contributed by atoms with Crippen LogP contribution in [-0.4, -0.2) is 25.7 Å². The van der Waals surface area contributed by atoms with Gasteiger partial charge in [0, 0.05) is 23.0 Å². The van der Waals surface area contributed by atoms with Crippen LogP contribution in [0.3, 0.4) is 0 Å². The molecule has 1 atom stereocenters. The van der Waals surface area contributed by atoms with Gasteiger partial charge >= 0.3 is 0 Å². The maximum absolute atomic E-state index is 5.76. The predicted octanol–water partition coefficient (Wildman–Crippen LogP) is 6.69. The van der Waals surface area contributed by atoms with E-state index in [-0.39, 0.29) is 5.16 Å². The molecule has 1 aliphatic heterocycles. The van der Waals surface area contributed by atoms with Crippen LogP contribution in [0.1, 0.15) is 26.3 Å². The summed E-state index contributed by atoms with van der Waals surface area (Å²) in [4.78, 5) is 2.48. The Bertz CT molecular complexity index is 1030. The Hall–Kier alpha value is -2.51. The van der Waals surface area contributed by atoms with Gasteiger partial charge in [0.15, 0.2) is 0 Å². The predicted molar refractivity (Wildman–Crippen MR) is 129 cm³/mol. The summed E-state index contributed by atoms with van der Waals surface area (Å²) in [5.41, 5.74) is 6.09. The fourth-order valence-electron chi connectivity index (χ4n) is 4.13. The van der Waals surface area contributed by atoms with E-state index in [0.717, 1.165) is 23.3 Å². The van der Waals surface area contributed by atoms with E-state index in [9.17, 15) is 0 Å². The van der Waals surface area contributed by atoms with Crippen molar-refractivity contribution in [2.45, 2.75) is 32.9 Å². The molecule has 30 heavy (non-hydrogen) atoms. The molecule has 4 rings (SSSR count). The van der Waals surface area contributed by atoms with Gasteiger partial charge in [0.1, 0.15) is 11.5 Å². The second kappa shape index (κ2) is 7.96. The average molecular weight is 420 g/mol. The van der Waals surface area contributed by atoms with E-state index in [1.54, 1.807) is 14.2 Å². The first-order chi connectivity index (χ1) is 14.3. The summed E-state index contributed by atoms with van der Waals surface area (Å²) in [6.07, 6.45) is 1.02. The highest BCUT2D eigenvalue weighted by atomic mass is 31.1. The molecule has 0 aromatic heterocycles. The first-order valence-corrected chi connectivity index (χ1v) is 11.8. The molecular formula is C26H30NO2P. The quantitative estimate of drug-likeness (QED) is 0.440. The molecular weight excluding hydrogens is 389 g/mol. The number of hydrogen-bond donors (Lipinski definition) is 0. The number of nitrogens with zero attached hydrogens (tertiary/aromatic N) is 1. The molecule has 3 aromatic rings. The molecule has 1 unspecified atom stereocenters. The third-order valence-corrected chi connectivity index (χ3v) is 8.91. The van der Waals surface area contributed by atoms with Gasteiger partial charge in [0.05, 0.1) is 19.8 Å². The molecule has 0 spiro atoms. The van der Waals surface area contributed by atoms with E-state index in [1.165, 1.54) is 27.8 Å². The minimum Gasteiger partial charge on any atom is -0.496 e. The largest absolute Gasteiger partial charge is 0.496 e. The number of anilines is 2. The SMILES string of the molecule is COc1cccc(OC)c1-c1cccc2c1P(C(C)(C)C)CN2c1ccc(C)cc1. The molecule has 0 amide bonds. The van der Waals surface area contributed by atoms with Crippen LogP contribution in [0.4, 0.5) is 11.4 Å². The molecule has 156 valence electrons. The van der Waals surface area contributed by atoms with E-state index in [2.05, 4.69) is 75.1 Å². The van der Waals surface area contributed by atoms with Gasteiger partial charge in [0.2, 0.25) is 0 Å². The fraction of sp³-hybridized carbons (Fsp3) is 0.308. The van der Waals surface area contributed by atoms with E-state index in [1.807, 2.05) is 18.2 Å². The van der Waals surface area contributed by atoms with Gasteiger partial charge in [-0.05, 0) is 55.9 Å². The summed E-state index contributed by atoms with van der Waals surface area (Å²) in [6, 6.07) is 21.5. The van der Waals surface area contributed by atoms with Crippen LogP contribution >= 0.6 is 7.92 Å². The molecule has 0 bridgehead atoms. The maximum atomic E-state index is 5.76. The monoisotopic (exact) mass is 419 g/mol. The molecule has 1 aliphatic rings.